The monoisotopic (exact) mass is 265 g/mol. The Morgan fingerprint density at radius 3 is 2.63 bits per heavy atom. The molecule has 0 aliphatic heterocycles. The molecule has 0 saturated heterocycles. The molecule has 0 bridgehead atoms. The molecule has 1 fully saturated rings. The number of non-ortho nitro benzene ring substituents is 1. The van der Waals surface area contributed by atoms with Gasteiger partial charge in [0, 0.05) is 23.9 Å². The van der Waals surface area contributed by atoms with E-state index >= 15 is 0 Å². The van der Waals surface area contributed by atoms with Crippen molar-refractivity contribution in [1.82, 2.24) is 5.32 Å². The summed E-state index contributed by atoms with van der Waals surface area (Å²) in [6.07, 6.45) is 2.04. The fraction of sp³-hybridized carbons (Fsp3) is 0.364. The fourth-order valence-electron chi connectivity index (χ4n) is 1.59. The lowest BCUT2D eigenvalue weighted by Gasteiger charge is -2.08. The summed E-state index contributed by atoms with van der Waals surface area (Å²) < 4.78 is 0. The van der Waals surface area contributed by atoms with Gasteiger partial charge in [0.25, 0.3) is 5.69 Å². The van der Waals surface area contributed by atoms with Gasteiger partial charge in [0.05, 0.1) is 17.2 Å². The minimum atomic E-state index is -0.518. The van der Waals surface area contributed by atoms with Gasteiger partial charge in [-0.3, -0.25) is 20.8 Å². The Kier molecular flexibility index (Phi) is 3.81. The lowest BCUT2D eigenvalue weighted by Crippen LogP contribution is -2.31. The summed E-state index contributed by atoms with van der Waals surface area (Å²) in [5.74, 6) is 5.11. The Morgan fingerprint density at radius 1 is 1.37 bits per heavy atom. The number of nitro benzene ring substituents is 1. The second-order valence-corrected chi connectivity index (χ2v) is 4.37. The highest BCUT2D eigenvalue weighted by Gasteiger charge is 2.22. The van der Waals surface area contributed by atoms with Crippen LogP contribution >= 0.6 is 0 Å². The van der Waals surface area contributed by atoms with Crippen LogP contribution in [0.25, 0.3) is 0 Å². The Morgan fingerprint density at radius 2 is 2.05 bits per heavy atom. The van der Waals surface area contributed by atoms with Crippen molar-refractivity contribution in [2.75, 3.05) is 17.3 Å². The number of benzene rings is 1. The van der Waals surface area contributed by atoms with Gasteiger partial charge in [-0.1, -0.05) is 0 Å². The van der Waals surface area contributed by atoms with Gasteiger partial charge in [0.1, 0.15) is 0 Å². The van der Waals surface area contributed by atoms with Crippen molar-refractivity contribution in [3.63, 3.8) is 0 Å². The number of nitrogens with one attached hydrogen (secondary N) is 3. The molecule has 1 aromatic carbocycles. The molecule has 1 aromatic rings. The second kappa shape index (κ2) is 5.53. The number of nitrogens with two attached hydrogens (primary N) is 1. The molecule has 1 saturated carbocycles. The first kappa shape index (κ1) is 13.1. The minimum Gasteiger partial charge on any atom is -0.376 e. The van der Waals surface area contributed by atoms with Crippen molar-refractivity contribution in [1.29, 1.82) is 0 Å². The van der Waals surface area contributed by atoms with Crippen LogP contribution in [-0.2, 0) is 4.79 Å². The zero-order valence-corrected chi connectivity index (χ0v) is 10.2. The summed E-state index contributed by atoms with van der Waals surface area (Å²) in [4.78, 5) is 21.7. The van der Waals surface area contributed by atoms with Gasteiger partial charge in [-0.05, 0) is 18.9 Å². The van der Waals surface area contributed by atoms with Crippen molar-refractivity contribution in [2.24, 2.45) is 5.84 Å². The van der Waals surface area contributed by atoms with E-state index in [9.17, 15) is 14.9 Å². The van der Waals surface area contributed by atoms with Crippen molar-refractivity contribution >= 4 is 23.0 Å². The average Bonchev–Trinajstić information content (AvgIpc) is 3.19. The fourth-order valence-corrected chi connectivity index (χ4v) is 1.59. The van der Waals surface area contributed by atoms with Gasteiger partial charge in [0.2, 0.25) is 5.91 Å². The molecule has 0 unspecified atom stereocenters. The lowest BCUT2D eigenvalue weighted by molar-refractivity contribution is -0.384. The van der Waals surface area contributed by atoms with Crippen LogP contribution in [-0.4, -0.2) is 23.4 Å². The summed E-state index contributed by atoms with van der Waals surface area (Å²) in [7, 11) is 0. The third-order valence-electron chi connectivity index (χ3n) is 2.69. The molecule has 5 N–H and O–H groups in total. The maximum Gasteiger partial charge on any atom is 0.273 e. The number of nitro groups is 1. The van der Waals surface area contributed by atoms with E-state index in [4.69, 9.17) is 5.84 Å². The van der Waals surface area contributed by atoms with E-state index < -0.39 is 4.92 Å². The Bertz CT molecular complexity index is 501. The Hall–Kier alpha value is -2.35. The van der Waals surface area contributed by atoms with Crippen molar-refractivity contribution in [2.45, 2.75) is 18.9 Å². The number of hydrogen-bond donors (Lipinski definition) is 4. The van der Waals surface area contributed by atoms with Crippen LogP contribution in [0.15, 0.2) is 18.2 Å². The Balaban J connectivity index is 1.99. The number of nitrogen functional groups attached to an aromatic ring is 1. The molecule has 0 aromatic heterocycles. The van der Waals surface area contributed by atoms with E-state index in [0.717, 1.165) is 12.8 Å². The molecule has 0 heterocycles. The zero-order valence-electron chi connectivity index (χ0n) is 10.2. The van der Waals surface area contributed by atoms with Crippen molar-refractivity contribution < 1.29 is 9.72 Å². The first-order valence-corrected chi connectivity index (χ1v) is 5.88. The molecular weight excluding hydrogens is 250 g/mol. The summed E-state index contributed by atoms with van der Waals surface area (Å²) >= 11 is 0. The second-order valence-electron chi connectivity index (χ2n) is 4.37. The van der Waals surface area contributed by atoms with Gasteiger partial charge in [0.15, 0.2) is 0 Å². The van der Waals surface area contributed by atoms with Crippen LogP contribution in [0.4, 0.5) is 17.1 Å². The zero-order chi connectivity index (χ0) is 13.8. The van der Waals surface area contributed by atoms with Crippen LogP contribution in [0.5, 0.6) is 0 Å². The van der Waals surface area contributed by atoms with E-state index in [1.165, 1.54) is 12.1 Å². The topological polar surface area (TPSA) is 122 Å². The molecule has 0 spiro atoms. The molecule has 102 valence electrons. The quantitative estimate of drug-likeness (QED) is 0.339. The number of nitrogens with zero attached hydrogens (tertiary/aromatic N) is 1. The van der Waals surface area contributed by atoms with Gasteiger partial charge in [-0.2, -0.15) is 0 Å². The number of amides is 1. The normalized spacial score (nSPS) is 13.7. The summed E-state index contributed by atoms with van der Waals surface area (Å²) in [5, 5.41) is 16.4. The SMILES string of the molecule is NNc1cc(NCC(=O)NC2CC2)cc([N+](=O)[O-])c1. The third-order valence-corrected chi connectivity index (χ3v) is 2.69. The van der Waals surface area contributed by atoms with Gasteiger partial charge < -0.3 is 16.1 Å². The molecule has 0 radical (unpaired) electrons. The highest BCUT2D eigenvalue weighted by atomic mass is 16.6. The van der Waals surface area contributed by atoms with Crippen LogP contribution in [0.2, 0.25) is 0 Å². The number of carbonyl (C=O) groups excluding carboxylic acids is 1. The van der Waals surface area contributed by atoms with Gasteiger partial charge in [-0.25, -0.2) is 0 Å². The third kappa shape index (κ3) is 3.81. The first-order chi connectivity index (χ1) is 9.08. The molecule has 1 amide bonds. The summed E-state index contributed by atoms with van der Waals surface area (Å²) in [6.45, 7) is 0.0711. The number of hydrogen-bond acceptors (Lipinski definition) is 6. The highest BCUT2D eigenvalue weighted by Crippen LogP contribution is 2.23. The lowest BCUT2D eigenvalue weighted by atomic mass is 10.2. The number of hydrazine groups is 1. The van der Waals surface area contributed by atoms with Gasteiger partial charge >= 0.3 is 0 Å². The summed E-state index contributed by atoms with van der Waals surface area (Å²) in [6, 6.07) is 4.55. The number of anilines is 2. The predicted molar refractivity (Wildman–Crippen MR) is 70.6 cm³/mol. The van der Waals surface area contributed by atoms with E-state index in [1.807, 2.05) is 0 Å². The number of carbonyl (C=O) groups is 1. The molecule has 0 atom stereocenters. The van der Waals surface area contributed by atoms with Crippen LogP contribution in [0.1, 0.15) is 12.8 Å². The molecule has 1 aliphatic rings. The largest absolute Gasteiger partial charge is 0.376 e. The van der Waals surface area contributed by atoms with Crippen molar-refractivity contribution in [3.8, 4) is 0 Å². The molecule has 8 heteroatoms. The predicted octanol–water partition coefficient (Wildman–Crippen LogP) is 0.571. The molecule has 19 heavy (non-hydrogen) atoms. The molecule has 8 nitrogen and oxygen atoms in total. The standard InChI is InChI=1S/C11H15N5O3/c12-15-9-3-8(4-10(5-9)16(18)19)13-6-11(17)14-7-1-2-7/h3-5,7,13,15H,1-2,6,12H2,(H,14,17). The van der Waals surface area contributed by atoms with Crippen LogP contribution in [0, 0.1) is 10.1 Å². The molecule has 1 aliphatic carbocycles. The smallest absolute Gasteiger partial charge is 0.273 e. The average molecular weight is 265 g/mol. The van der Waals surface area contributed by atoms with E-state index in [1.54, 1.807) is 6.07 Å². The number of rotatable bonds is 6. The van der Waals surface area contributed by atoms with Crippen LogP contribution < -0.4 is 21.9 Å². The Labute approximate surface area is 109 Å². The first-order valence-electron chi connectivity index (χ1n) is 5.88. The van der Waals surface area contributed by atoms with Gasteiger partial charge in [-0.15, -0.1) is 0 Å². The highest BCUT2D eigenvalue weighted by molar-refractivity contribution is 5.81. The van der Waals surface area contributed by atoms with E-state index in [2.05, 4.69) is 16.1 Å². The van der Waals surface area contributed by atoms with E-state index in [0.29, 0.717) is 17.4 Å². The van der Waals surface area contributed by atoms with Crippen LogP contribution in [0.3, 0.4) is 0 Å². The summed E-state index contributed by atoms with van der Waals surface area (Å²) in [5.41, 5.74) is 3.12. The molecule has 2 rings (SSSR count). The maximum absolute atomic E-state index is 11.5. The molecular formula is C11H15N5O3. The van der Waals surface area contributed by atoms with E-state index in [-0.39, 0.29) is 18.1 Å². The maximum atomic E-state index is 11.5. The van der Waals surface area contributed by atoms with Crippen molar-refractivity contribution in [3.05, 3.63) is 28.3 Å². The minimum absolute atomic E-state index is 0.0711.